The van der Waals surface area contributed by atoms with Gasteiger partial charge in [0.2, 0.25) is 0 Å². The molecule has 0 radical (unpaired) electrons. The van der Waals surface area contributed by atoms with Crippen molar-refractivity contribution in [1.82, 2.24) is 0 Å². The molecule has 0 aliphatic rings. The second kappa shape index (κ2) is 17.8. The molecule has 166 valence electrons. The summed E-state index contributed by atoms with van der Waals surface area (Å²) in [6.45, 7) is -0.779. The number of aliphatic hydroxyl groups excluding tert-OH is 4. The van der Waals surface area contributed by atoms with E-state index < -0.39 is 30.8 Å². The number of aliphatic hydroxyl groups is 4. The predicted molar refractivity (Wildman–Crippen MR) is 104 cm³/mol. The van der Waals surface area contributed by atoms with Crippen LogP contribution in [0.5, 0.6) is 0 Å². The minimum Gasteiger partial charge on any atom is -0.464 e. The number of unbranched alkanes of at least 4 members (excludes halogenated alkanes) is 6. The van der Waals surface area contributed by atoms with E-state index in [9.17, 15) is 9.59 Å². The summed E-state index contributed by atoms with van der Waals surface area (Å²) in [6, 6.07) is 0. The average molecular weight is 407 g/mol. The van der Waals surface area contributed by atoms with Crippen LogP contribution in [0.1, 0.15) is 77.0 Å². The van der Waals surface area contributed by atoms with E-state index in [1.165, 1.54) is 0 Å². The Kier molecular flexibility index (Phi) is 17.1. The third kappa shape index (κ3) is 13.9. The first-order valence-corrected chi connectivity index (χ1v) is 10.3. The van der Waals surface area contributed by atoms with Crippen LogP contribution in [0.15, 0.2) is 0 Å². The van der Waals surface area contributed by atoms with Gasteiger partial charge in [0.25, 0.3) is 0 Å². The van der Waals surface area contributed by atoms with Crippen molar-refractivity contribution in [2.75, 3.05) is 33.0 Å². The van der Waals surface area contributed by atoms with Crippen molar-refractivity contribution in [3.8, 4) is 0 Å². The largest absolute Gasteiger partial charge is 0.464 e. The van der Waals surface area contributed by atoms with Crippen molar-refractivity contribution in [2.24, 2.45) is 0 Å². The van der Waals surface area contributed by atoms with E-state index >= 15 is 0 Å². The van der Waals surface area contributed by atoms with Crippen molar-refractivity contribution in [3.63, 3.8) is 0 Å². The van der Waals surface area contributed by atoms with Crippen LogP contribution in [0.4, 0.5) is 0 Å². The highest BCUT2D eigenvalue weighted by Crippen LogP contribution is 2.32. The lowest BCUT2D eigenvalue weighted by Crippen LogP contribution is -2.36. The zero-order valence-electron chi connectivity index (χ0n) is 16.9. The first kappa shape index (κ1) is 26.8. The fourth-order valence-corrected chi connectivity index (χ4v) is 3.23. The summed E-state index contributed by atoms with van der Waals surface area (Å²) >= 11 is 0. The smallest absolute Gasteiger partial charge is 0.332 e. The number of hydrogen-bond donors (Lipinski definition) is 4. The summed E-state index contributed by atoms with van der Waals surface area (Å²) in [5.41, 5.74) is -0.666. The summed E-state index contributed by atoms with van der Waals surface area (Å²) in [4.78, 5) is 22.6. The molecule has 0 heterocycles. The van der Waals surface area contributed by atoms with E-state index in [1.54, 1.807) is 0 Å². The molecule has 8 heteroatoms. The van der Waals surface area contributed by atoms with Gasteiger partial charge in [-0.2, -0.15) is 0 Å². The van der Waals surface area contributed by atoms with Crippen LogP contribution in [-0.4, -0.2) is 71.0 Å². The van der Waals surface area contributed by atoms with E-state index in [4.69, 9.17) is 29.9 Å². The zero-order chi connectivity index (χ0) is 21.1. The number of carbonyl (C=O) groups is 2. The van der Waals surface area contributed by atoms with Gasteiger partial charge in [0, 0.05) is 13.2 Å². The number of ether oxygens (including phenoxy) is 2. The lowest BCUT2D eigenvalue weighted by Gasteiger charge is -2.34. The normalized spacial score (nSPS) is 11.4. The van der Waals surface area contributed by atoms with E-state index in [0.29, 0.717) is 38.7 Å². The molecule has 28 heavy (non-hydrogen) atoms. The molecule has 0 aromatic heterocycles. The minimum atomic E-state index is -0.666. The molecule has 0 spiro atoms. The monoisotopic (exact) mass is 406 g/mol. The van der Waals surface area contributed by atoms with Gasteiger partial charge >= 0.3 is 11.9 Å². The Labute approximate surface area is 167 Å². The molecule has 0 bridgehead atoms. The molecule has 0 aliphatic carbocycles. The molecule has 0 atom stereocenters. The molecule has 0 saturated heterocycles. The molecule has 0 amide bonds. The Morgan fingerprint density at radius 3 is 1.57 bits per heavy atom. The highest BCUT2D eigenvalue weighted by molar-refractivity contribution is 5.71. The molecule has 0 aliphatic heterocycles. The van der Waals surface area contributed by atoms with Gasteiger partial charge in [0.15, 0.2) is 0 Å². The number of hydrogen-bond acceptors (Lipinski definition) is 8. The molecular formula is C20H38O8. The Bertz CT molecular complexity index is 390. The summed E-state index contributed by atoms with van der Waals surface area (Å²) in [6.07, 6.45) is 9.03. The molecule has 0 rings (SSSR count). The van der Waals surface area contributed by atoms with Gasteiger partial charge in [-0.25, -0.2) is 9.59 Å². The van der Waals surface area contributed by atoms with Crippen molar-refractivity contribution < 1.29 is 39.5 Å². The summed E-state index contributed by atoms with van der Waals surface area (Å²) in [5, 5.41) is 35.7. The van der Waals surface area contributed by atoms with Gasteiger partial charge in [0.05, 0.1) is 6.61 Å². The second-order valence-corrected chi connectivity index (χ2v) is 7.07. The number of esters is 2. The van der Waals surface area contributed by atoms with E-state index in [0.717, 1.165) is 44.9 Å². The van der Waals surface area contributed by atoms with Crippen LogP contribution in [0.25, 0.3) is 0 Å². The Hall–Kier alpha value is -1.22. The minimum absolute atomic E-state index is 0.0848. The van der Waals surface area contributed by atoms with Gasteiger partial charge < -0.3 is 29.9 Å². The van der Waals surface area contributed by atoms with Gasteiger partial charge in [-0.3, -0.25) is 0 Å². The maximum Gasteiger partial charge on any atom is 0.332 e. The molecule has 0 aromatic carbocycles. The van der Waals surface area contributed by atoms with E-state index in [2.05, 4.69) is 0 Å². The quantitative estimate of drug-likeness (QED) is 0.187. The van der Waals surface area contributed by atoms with Gasteiger partial charge in [-0.15, -0.1) is 0 Å². The first-order valence-electron chi connectivity index (χ1n) is 10.3. The maximum absolute atomic E-state index is 11.7. The van der Waals surface area contributed by atoms with Crippen LogP contribution >= 0.6 is 0 Å². The Morgan fingerprint density at radius 1 is 0.607 bits per heavy atom. The fourth-order valence-electron chi connectivity index (χ4n) is 3.23. The summed E-state index contributed by atoms with van der Waals surface area (Å²) in [7, 11) is 0. The van der Waals surface area contributed by atoms with E-state index in [-0.39, 0.29) is 13.2 Å². The molecule has 0 aromatic rings. The Balaban J connectivity index is 4.45. The van der Waals surface area contributed by atoms with Gasteiger partial charge in [-0.1, -0.05) is 19.3 Å². The Morgan fingerprint density at radius 2 is 1.07 bits per heavy atom. The average Bonchev–Trinajstić information content (AvgIpc) is 2.70. The van der Waals surface area contributed by atoms with Gasteiger partial charge in [0.1, 0.15) is 18.8 Å². The highest BCUT2D eigenvalue weighted by Gasteiger charge is 2.32. The standard InChI is InChI=1S/C20H38O8/c21-13-7-5-11-20(12-6-8-14-22,28-19(26)17-24)10-4-2-1-3-9-15-27-18(25)16-23/h21-24H,1-17H2. The fraction of sp³-hybridized carbons (Fsp3) is 0.900. The van der Waals surface area contributed by atoms with Crippen molar-refractivity contribution >= 4 is 11.9 Å². The molecule has 4 N–H and O–H groups in total. The number of carbonyl (C=O) groups excluding carboxylic acids is 2. The van der Waals surface area contributed by atoms with Crippen LogP contribution in [0.2, 0.25) is 0 Å². The molecule has 0 fully saturated rings. The van der Waals surface area contributed by atoms with Crippen molar-refractivity contribution in [1.29, 1.82) is 0 Å². The topological polar surface area (TPSA) is 134 Å². The molecule has 8 nitrogen and oxygen atoms in total. The van der Waals surface area contributed by atoms with E-state index in [1.807, 2.05) is 0 Å². The first-order chi connectivity index (χ1) is 13.5. The molecule has 0 saturated carbocycles. The van der Waals surface area contributed by atoms with Gasteiger partial charge in [-0.05, 0) is 57.8 Å². The van der Waals surface area contributed by atoms with Crippen molar-refractivity contribution in [3.05, 3.63) is 0 Å². The van der Waals surface area contributed by atoms with Crippen LogP contribution < -0.4 is 0 Å². The maximum atomic E-state index is 11.7. The number of rotatable bonds is 19. The SMILES string of the molecule is O=C(CO)OCCCCCCCC(CCCCO)(CCCCO)OC(=O)CO. The summed E-state index contributed by atoms with van der Waals surface area (Å²) < 4.78 is 10.4. The van der Waals surface area contributed by atoms with Crippen LogP contribution in [0, 0.1) is 0 Å². The second-order valence-electron chi connectivity index (χ2n) is 7.07. The zero-order valence-corrected chi connectivity index (χ0v) is 16.9. The van der Waals surface area contributed by atoms with Crippen LogP contribution in [0.3, 0.4) is 0 Å². The third-order valence-corrected chi connectivity index (χ3v) is 4.71. The molecule has 0 unspecified atom stereocenters. The van der Waals surface area contributed by atoms with Crippen molar-refractivity contribution in [2.45, 2.75) is 82.7 Å². The highest BCUT2D eigenvalue weighted by atomic mass is 16.6. The molecular weight excluding hydrogens is 368 g/mol. The lowest BCUT2D eigenvalue weighted by molar-refractivity contribution is -0.166. The predicted octanol–water partition coefficient (Wildman–Crippen LogP) is 1.46. The lowest BCUT2D eigenvalue weighted by atomic mass is 9.85. The van der Waals surface area contributed by atoms with Crippen LogP contribution in [-0.2, 0) is 19.1 Å². The third-order valence-electron chi connectivity index (χ3n) is 4.71. The summed E-state index contributed by atoms with van der Waals surface area (Å²) in [5.74, 6) is -1.25.